The molecule has 162 valence electrons. The molecule has 30 heavy (non-hydrogen) atoms. The molecule has 2 heterocycles. The van der Waals surface area contributed by atoms with Gasteiger partial charge in [-0.15, -0.1) is 0 Å². The standard InChI is InChI=1S/C21H26N2O7/c1-12(24)29-17(20(27)30-21(2,3)4)16-19(26)23(8-9-28-16)14-7-6-13-11-22(5)18(25)15(13)10-14/h6-7,10-11,16-17,25H,8-9H2,1-5H3/t16-,17-/m1/s1. The first-order valence-corrected chi connectivity index (χ1v) is 9.59. The molecule has 2 aromatic rings. The second-order valence-corrected chi connectivity index (χ2v) is 8.18. The van der Waals surface area contributed by atoms with E-state index in [2.05, 4.69) is 0 Å². The van der Waals surface area contributed by atoms with Crippen molar-refractivity contribution >= 4 is 34.3 Å². The van der Waals surface area contributed by atoms with Gasteiger partial charge in [-0.1, -0.05) is 6.07 Å². The van der Waals surface area contributed by atoms with E-state index in [1.807, 2.05) is 0 Å². The largest absolute Gasteiger partial charge is 0.494 e. The fourth-order valence-corrected chi connectivity index (χ4v) is 3.33. The number of anilines is 1. The monoisotopic (exact) mass is 418 g/mol. The molecule has 0 unspecified atom stereocenters. The Hall–Kier alpha value is -3.07. The quantitative estimate of drug-likeness (QED) is 0.756. The Kier molecular flexibility index (Phi) is 5.76. The molecule has 1 aliphatic heterocycles. The summed E-state index contributed by atoms with van der Waals surface area (Å²) in [5.74, 6) is -2.03. The number of aromatic hydroxyl groups is 1. The van der Waals surface area contributed by atoms with Gasteiger partial charge in [0.25, 0.3) is 5.91 Å². The number of esters is 2. The molecule has 9 nitrogen and oxygen atoms in total. The maximum absolute atomic E-state index is 13.2. The molecule has 1 saturated heterocycles. The number of hydrogen-bond donors (Lipinski definition) is 1. The number of carbonyl (C=O) groups is 3. The highest BCUT2D eigenvalue weighted by molar-refractivity contribution is 6.02. The van der Waals surface area contributed by atoms with Crippen LogP contribution >= 0.6 is 0 Å². The third-order valence-corrected chi connectivity index (χ3v) is 4.58. The SMILES string of the molecule is CC(=O)O[C@@H](C(=O)OC(C)(C)C)[C@H]1OCCN(c2ccc3cn(C)c(O)c3c2)C1=O. The number of ether oxygens (including phenoxy) is 3. The van der Waals surface area contributed by atoms with Gasteiger partial charge < -0.3 is 28.8 Å². The number of amides is 1. The Labute approximate surface area is 174 Å². The molecule has 1 N–H and O–H groups in total. The summed E-state index contributed by atoms with van der Waals surface area (Å²) in [5.41, 5.74) is -0.295. The summed E-state index contributed by atoms with van der Waals surface area (Å²) in [7, 11) is 1.72. The van der Waals surface area contributed by atoms with Crippen LogP contribution in [0, 0.1) is 0 Å². The number of rotatable bonds is 4. The first-order chi connectivity index (χ1) is 14.0. The molecule has 0 spiro atoms. The maximum Gasteiger partial charge on any atom is 0.351 e. The molecule has 2 atom stereocenters. The van der Waals surface area contributed by atoms with E-state index >= 15 is 0 Å². The fraction of sp³-hybridized carbons (Fsp3) is 0.476. The van der Waals surface area contributed by atoms with Crippen LogP contribution in [-0.4, -0.2) is 58.5 Å². The number of hydrogen-bond acceptors (Lipinski definition) is 7. The van der Waals surface area contributed by atoms with Crippen molar-refractivity contribution in [3.63, 3.8) is 0 Å². The minimum Gasteiger partial charge on any atom is -0.494 e. The lowest BCUT2D eigenvalue weighted by molar-refractivity contribution is -0.188. The number of fused-ring (bicyclic) bond motifs is 1. The van der Waals surface area contributed by atoms with Crippen molar-refractivity contribution < 1.29 is 33.7 Å². The Morgan fingerprint density at radius 2 is 2.00 bits per heavy atom. The van der Waals surface area contributed by atoms with Crippen LogP contribution in [0.5, 0.6) is 5.88 Å². The highest BCUT2D eigenvalue weighted by Crippen LogP contribution is 2.31. The summed E-state index contributed by atoms with van der Waals surface area (Å²) in [6.07, 6.45) is -1.08. The summed E-state index contributed by atoms with van der Waals surface area (Å²) >= 11 is 0. The van der Waals surface area contributed by atoms with Gasteiger partial charge in [-0.3, -0.25) is 9.59 Å². The zero-order chi connectivity index (χ0) is 22.2. The molecule has 1 aromatic heterocycles. The van der Waals surface area contributed by atoms with Crippen LogP contribution in [-0.2, 0) is 35.6 Å². The van der Waals surface area contributed by atoms with E-state index in [0.717, 1.165) is 12.3 Å². The van der Waals surface area contributed by atoms with Gasteiger partial charge in [0.2, 0.25) is 6.10 Å². The summed E-state index contributed by atoms with van der Waals surface area (Å²) in [4.78, 5) is 38.8. The molecule has 1 aliphatic rings. The smallest absolute Gasteiger partial charge is 0.351 e. The Balaban J connectivity index is 1.91. The van der Waals surface area contributed by atoms with Crippen LogP contribution in [0.2, 0.25) is 0 Å². The number of morpholine rings is 1. The van der Waals surface area contributed by atoms with Crippen LogP contribution < -0.4 is 4.90 Å². The van der Waals surface area contributed by atoms with Gasteiger partial charge in [-0.25, -0.2) is 4.79 Å². The van der Waals surface area contributed by atoms with Crippen molar-refractivity contribution in [2.24, 2.45) is 7.05 Å². The van der Waals surface area contributed by atoms with Gasteiger partial charge in [0.15, 0.2) is 12.0 Å². The van der Waals surface area contributed by atoms with Crippen LogP contribution in [0.4, 0.5) is 5.69 Å². The zero-order valence-corrected chi connectivity index (χ0v) is 17.7. The third-order valence-electron chi connectivity index (χ3n) is 4.58. The lowest BCUT2D eigenvalue weighted by atomic mass is 10.1. The second-order valence-electron chi connectivity index (χ2n) is 8.18. The molecule has 0 bridgehead atoms. The van der Waals surface area contributed by atoms with Gasteiger partial charge in [-0.2, -0.15) is 0 Å². The molecule has 1 amide bonds. The van der Waals surface area contributed by atoms with Crippen molar-refractivity contribution in [2.45, 2.75) is 45.5 Å². The van der Waals surface area contributed by atoms with Gasteiger partial charge in [-0.05, 0) is 32.9 Å². The van der Waals surface area contributed by atoms with Crippen molar-refractivity contribution in [3.8, 4) is 5.88 Å². The lowest BCUT2D eigenvalue weighted by Gasteiger charge is -2.35. The molecule has 1 fully saturated rings. The van der Waals surface area contributed by atoms with Crippen LogP contribution in [0.25, 0.3) is 10.8 Å². The van der Waals surface area contributed by atoms with E-state index in [1.54, 1.807) is 56.8 Å². The van der Waals surface area contributed by atoms with Crippen molar-refractivity contribution in [1.29, 1.82) is 0 Å². The van der Waals surface area contributed by atoms with Crippen molar-refractivity contribution in [3.05, 3.63) is 24.4 Å². The predicted molar refractivity (Wildman–Crippen MR) is 108 cm³/mol. The Morgan fingerprint density at radius 3 is 2.63 bits per heavy atom. The van der Waals surface area contributed by atoms with E-state index in [4.69, 9.17) is 14.2 Å². The van der Waals surface area contributed by atoms with Crippen LogP contribution in [0.1, 0.15) is 27.7 Å². The fourth-order valence-electron chi connectivity index (χ4n) is 3.33. The van der Waals surface area contributed by atoms with Crippen molar-refractivity contribution in [2.75, 3.05) is 18.1 Å². The average Bonchev–Trinajstić information content (AvgIpc) is 2.92. The first kappa shape index (κ1) is 21.6. The number of nitrogens with zero attached hydrogens (tertiary/aromatic N) is 2. The second kappa shape index (κ2) is 7.98. The molecular weight excluding hydrogens is 392 g/mol. The summed E-state index contributed by atoms with van der Waals surface area (Å²) < 4.78 is 17.5. The van der Waals surface area contributed by atoms with Gasteiger partial charge in [0, 0.05) is 43.2 Å². The minimum atomic E-state index is -1.52. The van der Waals surface area contributed by atoms with Gasteiger partial charge in [0.05, 0.1) is 6.61 Å². The Bertz CT molecular complexity index is 989. The summed E-state index contributed by atoms with van der Waals surface area (Å²) in [6, 6.07) is 5.23. The predicted octanol–water partition coefficient (Wildman–Crippen LogP) is 1.89. The molecule has 0 saturated carbocycles. The van der Waals surface area contributed by atoms with E-state index < -0.39 is 35.7 Å². The number of aromatic nitrogens is 1. The van der Waals surface area contributed by atoms with Crippen LogP contribution in [0.15, 0.2) is 24.4 Å². The van der Waals surface area contributed by atoms with Gasteiger partial charge >= 0.3 is 11.9 Å². The average molecular weight is 418 g/mol. The van der Waals surface area contributed by atoms with E-state index in [-0.39, 0.29) is 19.0 Å². The maximum atomic E-state index is 13.2. The van der Waals surface area contributed by atoms with E-state index in [9.17, 15) is 19.5 Å². The lowest BCUT2D eigenvalue weighted by Crippen LogP contribution is -2.56. The molecule has 9 heteroatoms. The van der Waals surface area contributed by atoms with E-state index in [0.29, 0.717) is 11.1 Å². The third kappa shape index (κ3) is 4.40. The molecule has 0 radical (unpaired) electrons. The van der Waals surface area contributed by atoms with Crippen LogP contribution in [0.3, 0.4) is 0 Å². The number of carbonyl (C=O) groups excluding carboxylic acids is 3. The number of aryl methyl sites for hydroxylation is 1. The molecule has 3 rings (SSSR count). The zero-order valence-electron chi connectivity index (χ0n) is 17.7. The Morgan fingerprint density at radius 1 is 1.30 bits per heavy atom. The van der Waals surface area contributed by atoms with E-state index in [1.165, 1.54) is 4.90 Å². The molecule has 1 aromatic carbocycles. The topological polar surface area (TPSA) is 107 Å². The molecule has 0 aliphatic carbocycles. The highest BCUT2D eigenvalue weighted by Gasteiger charge is 2.44. The van der Waals surface area contributed by atoms with Gasteiger partial charge in [0.1, 0.15) is 5.60 Å². The summed E-state index contributed by atoms with van der Waals surface area (Å²) in [6.45, 7) is 6.55. The summed E-state index contributed by atoms with van der Waals surface area (Å²) in [5, 5.41) is 11.6. The molecular formula is C21H26N2O7. The van der Waals surface area contributed by atoms with Crippen molar-refractivity contribution in [1.82, 2.24) is 4.57 Å². The number of benzene rings is 1. The highest BCUT2D eigenvalue weighted by atomic mass is 16.6. The normalized spacial score (nSPS) is 18.4. The first-order valence-electron chi connectivity index (χ1n) is 9.59. The minimum absolute atomic E-state index is 0.0793.